The SMILES string of the molecule is CCN(CC(=O)NCc1ccccc1OC)CC(=O)Nc1cccc(OC)c1. The predicted molar refractivity (Wildman–Crippen MR) is 109 cm³/mol. The lowest BCUT2D eigenvalue weighted by atomic mass is 10.2. The number of methoxy groups -OCH3 is 2. The molecule has 0 atom stereocenters. The van der Waals surface area contributed by atoms with Crippen LogP contribution in [0.1, 0.15) is 12.5 Å². The van der Waals surface area contributed by atoms with Crippen LogP contribution in [0.3, 0.4) is 0 Å². The van der Waals surface area contributed by atoms with Gasteiger partial charge in [-0.15, -0.1) is 0 Å². The van der Waals surface area contributed by atoms with Crippen molar-refractivity contribution in [2.24, 2.45) is 0 Å². The van der Waals surface area contributed by atoms with Crippen LogP contribution in [0.5, 0.6) is 11.5 Å². The molecule has 7 nitrogen and oxygen atoms in total. The molecule has 0 bridgehead atoms. The fourth-order valence-electron chi connectivity index (χ4n) is 2.69. The third kappa shape index (κ3) is 6.59. The average Bonchev–Trinajstić information content (AvgIpc) is 2.71. The molecule has 0 saturated carbocycles. The number of amides is 2. The van der Waals surface area contributed by atoms with E-state index in [4.69, 9.17) is 9.47 Å². The molecular weight excluding hydrogens is 358 g/mol. The van der Waals surface area contributed by atoms with E-state index in [0.717, 1.165) is 11.3 Å². The number of benzene rings is 2. The van der Waals surface area contributed by atoms with Gasteiger partial charge in [0.2, 0.25) is 11.8 Å². The van der Waals surface area contributed by atoms with E-state index in [1.807, 2.05) is 31.2 Å². The highest BCUT2D eigenvalue weighted by atomic mass is 16.5. The molecule has 0 unspecified atom stereocenters. The smallest absolute Gasteiger partial charge is 0.238 e. The van der Waals surface area contributed by atoms with Gasteiger partial charge in [0.05, 0.1) is 27.3 Å². The Balaban J connectivity index is 1.83. The van der Waals surface area contributed by atoms with Crippen molar-refractivity contribution in [1.29, 1.82) is 0 Å². The third-order valence-electron chi connectivity index (χ3n) is 4.20. The average molecular weight is 385 g/mol. The molecule has 2 aromatic carbocycles. The van der Waals surface area contributed by atoms with E-state index >= 15 is 0 Å². The minimum atomic E-state index is -0.187. The van der Waals surface area contributed by atoms with E-state index in [0.29, 0.717) is 24.5 Å². The van der Waals surface area contributed by atoms with Gasteiger partial charge in [-0.1, -0.05) is 31.2 Å². The minimum Gasteiger partial charge on any atom is -0.497 e. The molecule has 0 saturated heterocycles. The Morgan fingerprint density at radius 3 is 2.43 bits per heavy atom. The number of nitrogens with one attached hydrogen (secondary N) is 2. The van der Waals surface area contributed by atoms with E-state index in [1.54, 1.807) is 43.4 Å². The van der Waals surface area contributed by atoms with Crippen molar-refractivity contribution in [3.63, 3.8) is 0 Å². The van der Waals surface area contributed by atoms with Crippen LogP contribution in [0.25, 0.3) is 0 Å². The molecule has 150 valence electrons. The maximum absolute atomic E-state index is 12.3. The van der Waals surface area contributed by atoms with Crippen LogP contribution >= 0.6 is 0 Å². The van der Waals surface area contributed by atoms with Gasteiger partial charge in [0.15, 0.2) is 0 Å². The van der Waals surface area contributed by atoms with E-state index in [-0.39, 0.29) is 24.9 Å². The molecule has 2 N–H and O–H groups in total. The lowest BCUT2D eigenvalue weighted by Gasteiger charge is -2.19. The van der Waals surface area contributed by atoms with Gasteiger partial charge in [-0.05, 0) is 24.7 Å². The van der Waals surface area contributed by atoms with Crippen molar-refractivity contribution in [3.8, 4) is 11.5 Å². The summed E-state index contributed by atoms with van der Waals surface area (Å²) in [4.78, 5) is 26.3. The summed E-state index contributed by atoms with van der Waals surface area (Å²) in [5, 5.41) is 5.69. The van der Waals surface area contributed by atoms with Crippen LogP contribution in [-0.4, -0.2) is 50.6 Å². The van der Waals surface area contributed by atoms with E-state index in [1.165, 1.54) is 0 Å². The fourth-order valence-corrected chi connectivity index (χ4v) is 2.69. The Morgan fingerprint density at radius 2 is 1.71 bits per heavy atom. The molecule has 0 radical (unpaired) electrons. The van der Waals surface area contributed by atoms with E-state index in [2.05, 4.69) is 10.6 Å². The number of nitrogens with zero attached hydrogens (tertiary/aromatic N) is 1. The van der Waals surface area contributed by atoms with Crippen LogP contribution in [0.2, 0.25) is 0 Å². The monoisotopic (exact) mass is 385 g/mol. The standard InChI is InChI=1S/C21H27N3O4/c1-4-24(15-21(26)23-17-9-7-10-18(12-17)27-2)14-20(25)22-13-16-8-5-6-11-19(16)28-3/h5-12H,4,13-15H2,1-3H3,(H,22,25)(H,23,26). The van der Waals surface area contributed by atoms with Gasteiger partial charge in [-0.25, -0.2) is 0 Å². The first-order valence-corrected chi connectivity index (χ1v) is 9.10. The van der Waals surface area contributed by atoms with Crippen LogP contribution in [0.15, 0.2) is 48.5 Å². The highest BCUT2D eigenvalue weighted by molar-refractivity contribution is 5.92. The molecule has 0 fully saturated rings. The second-order valence-electron chi connectivity index (χ2n) is 6.17. The highest BCUT2D eigenvalue weighted by Crippen LogP contribution is 2.17. The Bertz CT molecular complexity index is 795. The Kier molecular flexibility index (Phi) is 8.30. The van der Waals surface area contributed by atoms with Crippen molar-refractivity contribution in [3.05, 3.63) is 54.1 Å². The largest absolute Gasteiger partial charge is 0.497 e. The fraction of sp³-hybridized carbons (Fsp3) is 0.333. The third-order valence-corrected chi connectivity index (χ3v) is 4.20. The molecule has 7 heteroatoms. The summed E-state index contributed by atoms with van der Waals surface area (Å²) < 4.78 is 10.4. The van der Waals surface area contributed by atoms with Crippen LogP contribution < -0.4 is 20.1 Å². The molecule has 2 aromatic rings. The zero-order valence-electron chi connectivity index (χ0n) is 16.5. The van der Waals surface area contributed by atoms with Gasteiger partial charge in [0.25, 0.3) is 0 Å². The van der Waals surface area contributed by atoms with Crippen molar-refractivity contribution < 1.29 is 19.1 Å². The molecule has 0 aliphatic rings. The molecule has 28 heavy (non-hydrogen) atoms. The highest BCUT2D eigenvalue weighted by Gasteiger charge is 2.14. The number of hydrogen-bond donors (Lipinski definition) is 2. The molecule has 0 aliphatic carbocycles. The van der Waals surface area contributed by atoms with Crippen LogP contribution in [-0.2, 0) is 16.1 Å². The van der Waals surface area contributed by atoms with E-state index < -0.39 is 0 Å². The second kappa shape index (κ2) is 10.9. The first kappa shape index (κ1) is 21.2. The number of anilines is 1. The summed E-state index contributed by atoms with van der Waals surface area (Å²) in [5.74, 6) is 1.06. The number of rotatable bonds is 10. The molecule has 2 rings (SSSR count). The van der Waals surface area contributed by atoms with E-state index in [9.17, 15) is 9.59 Å². The Labute approximate surface area is 165 Å². The Hall–Kier alpha value is -3.06. The van der Waals surface area contributed by atoms with Crippen LogP contribution in [0.4, 0.5) is 5.69 Å². The van der Waals surface area contributed by atoms with Gasteiger partial charge < -0.3 is 20.1 Å². The lowest BCUT2D eigenvalue weighted by molar-refractivity contribution is -0.123. The number of carbonyl (C=O) groups is 2. The quantitative estimate of drug-likeness (QED) is 0.656. The lowest BCUT2D eigenvalue weighted by Crippen LogP contribution is -2.40. The number of hydrogen-bond acceptors (Lipinski definition) is 5. The zero-order valence-corrected chi connectivity index (χ0v) is 16.5. The maximum Gasteiger partial charge on any atom is 0.238 e. The molecule has 0 heterocycles. The first-order valence-electron chi connectivity index (χ1n) is 9.10. The van der Waals surface area contributed by atoms with Crippen molar-refractivity contribution >= 4 is 17.5 Å². The molecular formula is C21H27N3O4. The summed E-state index contributed by atoms with van der Waals surface area (Å²) in [6, 6.07) is 14.7. The van der Waals surface area contributed by atoms with Gasteiger partial charge in [-0.2, -0.15) is 0 Å². The minimum absolute atomic E-state index is 0.121. The Morgan fingerprint density at radius 1 is 0.964 bits per heavy atom. The van der Waals surface area contributed by atoms with Crippen molar-refractivity contribution in [2.45, 2.75) is 13.5 Å². The van der Waals surface area contributed by atoms with Gasteiger partial charge in [0, 0.05) is 23.9 Å². The predicted octanol–water partition coefficient (Wildman–Crippen LogP) is 2.28. The molecule has 0 aliphatic heterocycles. The maximum atomic E-state index is 12.3. The summed E-state index contributed by atoms with van der Waals surface area (Å²) in [6.45, 7) is 3.11. The number of carbonyl (C=O) groups excluding carboxylic acids is 2. The zero-order chi connectivity index (χ0) is 20.4. The summed E-state index contributed by atoms with van der Waals surface area (Å²) in [7, 11) is 3.17. The van der Waals surface area contributed by atoms with Crippen LogP contribution in [0, 0.1) is 0 Å². The second-order valence-corrected chi connectivity index (χ2v) is 6.17. The van der Waals surface area contributed by atoms with Crippen molar-refractivity contribution in [1.82, 2.24) is 10.2 Å². The van der Waals surface area contributed by atoms with Gasteiger partial charge in [0.1, 0.15) is 11.5 Å². The molecule has 0 aromatic heterocycles. The normalized spacial score (nSPS) is 10.4. The van der Waals surface area contributed by atoms with Gasteiger partial charge in [-0.3, -0.25) is 14.5 Å². The van der Waals surface area contributed by atoms with Crippen molar-refractivity contribution in [2.75, 3.05) is 39.2 Å². The number of likely N-dealkylation sites (N-methyl/N-ethyl adjacent to an activating group) is 1. The molecule has 0 spiro atoms. The summed E-state index contributed by atoms with van der Waals surface area (Å²) >= 11 is 0. The number of ether oxygens (including phenoxy) is 2. The topological polar surface area (TPSA) is 79.9 Å². The summed E-state index contributed by atoms with van der Waals surface area (Å²) in [6.07, 6.45) is 0. The first-order chi connectivity index (χ1) is 13.5. The van der Waals surface area contributed by atoms with Gasteiger partial charge >= 0.3 is 0 Å². The molecule has 2 amide bonds. The number of para-hydroxylation sites is 1. The summed E-state index contributed by atoms with van der Waals surface area (Å²) in [5.41, 5.74) is 1.55.